The number of carbonyl (C=O) groups is 1. The van der Waals surface area contributed by atoms with Crippen LogP contribution in [0.4, 0.5) is 0 Å². The van der Waals surface area contributed by atoms with Gasteiger partial charge in [0.05, 0.1) is 0 Å². The Kier molecular flexibility index (Phi) is 4.84. The number of carbonyl (C=O) groups excluding carboxylic acids is 1. The average Bonchev–Trinajstić information content (AvgIpc) is 2.69. The normalized spacial score (nSPS) is 12.7. The standard InChI is InChI=1S/C11H16O2S/c1-3-11(13-2)10(12)5-4-9-6-7-14-8-9/h6-8,11H,3-5H2,1-2H3. The average molecular weight is 212 g/mol. The molecule has 78 valence electrons. The summed E-state index contributed by atoms with van der Waals surface area (Å²) in [5.74, 6) is 0.209. The van der Waals surface area contributed by atoms with E-state index in [1.807, 2.05) is 12.3 Å². The van der Waals surface area contributed by atoms with Crippen LogP contribution in [0.15, 0.2) is 16.8 Å². The maximum Gasteiger partial charge on any atom is 0.161 e. The van der Waals surface area contributed by atoms with Gasteiger partial charge >= 0.3 is 0 Å². The van der Waals surface area contributed by atoms with Crippen LogP contribution in [0.5, 0.6) is 0 Å². The number of Topliss-reactive ketones (excluding diaryl/α,β-unsaturated/α-hetero) is 1. The lowest BCUT2D eigenvalue weighted by atomic mass is 10.1. The van der Waals surface area contributed by atoms with Crippen molar-refractivity contribution in [2.45, 2.75) is 32.3 Å². The predicted molar refractivity (Wildman–Crippen MR) is 58.7 cm³/mol. The summed E-state index contributed by atoms with van der Waals surface area (Å²) in [7, 11) is 1.59. The molecular weight excluding hydrogens is 196 g/mol. The Morgan fingerprint density at radius 3 is 2.93 bits per heavy atom. The van der Waals surface area contributed by atoms with E-state index in [-0.39, 0.29) is 11.9 Å². The molecule has 1 rings (SSSR count). The molecule has 0 spiro atoms. The first-order chi connectivity index (χ1) is 6.77. The Labute approximate surface area is 88.9 Å². The molecule has 0 radical (unpaired) electrons. The molecule has 0 amide bonds. The van der Waals surface area contributed by atoms with E-state index in [0.717, 1.165) is 12.8 Å². The van der Waals surface area contributed by atoms with E-state index in [2.05, 4.69) is 11.4 Å². The van der Waals surface area contributed by atoms with E-state index in [1.165, 1.54) is 5.56 Å². The second-order valence-electron chi connectivity index (χ2n) is 3.23. The number of ether oxygens (including phenoxy) is 1. The van der Waals surface area contributed by atoms with Gasteiger partial charge in [-0.2, -0.15) is 11.3 Å². The highest BCUT2D eigenvalue weighted by molar-refractivity contribution is 7.07. The van der Waals surface area contributed by atoms with Crippen LogP contribution >= 0.6 is 11.3 Å². The van der Waals surface area contributed by atoms with Crippen molar-refractivity contribution in [3.05, 3.63) is 22.4 Å². The van der Waals surface area contributed by atoms with Crippen LogP contribution in [0.25, 0.3) is 0 Å². The zero-order chi connectivity index (χ0) is 10.4. The summed E-state index contributed by atoms with van der Waals surface area (Å²) in [5.41, 5.74) is 1.24. The lowest BCUT2D eigenvalue weighted by molar-refractivity contribution is -0.128. The highest BCUT2D eigenvalue weighted by Crippen LogP contribution is 2.10. The van der Waals surface area contributed by atoms with E-state index in [0.29, 0.717) is 6.42 Å². The fourth-order valence-corrected chi connectivity index (χ4v) is 2.09. The van der Waals surface area contributed by atoms with Crippen LogP contribution in [0.2, 0.25) is 0 Å². The van der Waals surface area contributed by atoms with Crippen molar-refractivity contribution in [2.75, 3.05) is 7.11 Å². The molecule has 1 aromatic heterocycles. The fraction of sp³-hybridized carbons (Fsp3) is 0.545. The summed E-state index contributed by atoms with van der Waals surface area (Å²) in [6.45, 7) is 1.97. The van der Waals surface area contributed by atoms with Gasteiger partial charge in [-0.1, -0.05) is 6.92 Å². The maximum atomic E-state index is 11.6. The molecule has 3 heteroatoms. The summed E-state index contributed by atoms with van der Waals surface area (Å²) >= 11 is 1.67. The Morgan fingerprint density at radius 1 is 1.64 bits per heavy atom. The van der Waals surface area contributed by atoms with E-state index in [4.69, 9.17) is 4.74 Å². The predicted octanol–water partition coefficient (Wildman–Crippen LogP) is 2.67. The molecule has 0 bridgehead atoms. The minimum Gasteiger partial charge on any atom is -0.374 e. The van der Waals surface area contributed by atoms with Gasteiger partial charge in [-0.05, 0) is 35.2 Å². The highest BCUT2D eigenvalue weighted by Gasteiger charge is 2.14. The number of thiophene rings is 1. The van der Waals surface area contributed by atoms with Gasteiger partial charge in [-0.25, -0.2) is 0 Å². The topological polar surface area (TPSA) is 26.3 Å². The molecule has 0 saturated carbocycles. The van der Waals surface area contributed by atoms with E-state index < -0.39 is 0 Å². The number of methoxy groups -OCH3 is 1. The molecule has 0 saturated heterocycles. The van der Waals surface area contributed by atoms with Gasteiger partial charge in [0.1, 0.15) is 6.10 Å². The molecule has 0 aliphatic rings. The maximum absolute atomic E-state index is 11.6. The van der Waals surface area contributed by atoms with Crippen LogP contribution in [0.3, 0.4) is 0 Å². The Bertz CT molecular complexity index is 263. The van der Waals surface area contributed by atoms with Crippen LogP contribution < -0.4 is 0 Å². The van der Waals surface area contributed by atoms with Gasteiger partial charge < -0.3 is 4.74 Å². The molecule has 2 nitrogen and oxygen atoms in total. The summed E-state index contributed by atoms with van der Waals surface area (Å²) in [6.07, 6.45) is 1.97. The Balaban J connectivity index is 2.34. The molecule has 0 aliphatic carbocycles. The number of hydrogen-bond acceptors (Lipinski definition) is 3. The van der Waals surface area contributed by atoms with Crippen molar-refractivity contribution in [2.24, 2.45) is 0 Å². The third-order valence-corrected chi connectivity index (χ3v) is 2.99. The second-order valence-corrected chi connectivity index (χ2v) is 4.01. The number of rotatable bonds is 6. The zero-order valence-electron chi connectivity index (χ0n) is 8.66. The highest BCUT2D eigenvalue weighted by atomic mass is 32.1. The van der Waals surface area contributed by atoms with E-state index in [9.17, 15) is 4.79 Å². The first-order valence-electron chi connectivity index (χ1n) is 4.84. The molecule has 14 heavy (non-hydrogen) atoms. The van der Waals surface area contributed by atoms with Crippen molar-refractivity contribution in [3.8, 4) is 0 Å². The summed E-state index contributed by atoms with van der Waals surface area (Å²) in [6, 6.07) is 2.06. The third-order valence-electron chi connectivity index (χ3n) is 2.25. The molecular formula is C11H16O2S. The van der Waals surface area contributed by atoms with Gasteiger partial charge in [-0.3, -0.25) is 4.79 Å². The quantitative estimate of drug-likeness (QED) is 0.724. The third kappa shape index (κ3) is 3.24. The molecule has 1 unspecified atom stereocenters. The minimum atomic E-state index is -0.214. The number of aryl methyl sites for hydroxylation is 1. The SMILES string of the molecule is CCC(OC)C(=O)CCc1ccsc1. The second kappa shape index (κ2) is 5.94. The molecule has 1 heterocycles. The van der Waals surface area contributed by atoms with Crippen molar-refractivity contribution >= 4 is 17.1 Å². The first kappa shape index (κ1) is 11.4. The monoisotopic (exact) mass is 212 g/mol. The largest absolute Gasteiger partial charge is 0.374 e. The van der Waals surface area contributed by atoms with Crippen molar-refractivity contribution in [3.63, 3.8) is 0 Å². The Hall–Kier alpha value is -0.670. The lowest BCUT2D eigenvalue weighted by Crippen LogP contribution is -2.22. The van der Waals surface area contributed by atoms with E-state index in [1.54, 1.807) is 18.4 Å². The summed E-state index contributed by atoms with van der Waals surface area (Å²) in [4.78, 5) is 11.6. The van der Waals surface area contributed by atoms with Crippen LogP contribution in [0, 0.1) is 0 Å². The van der Waals surface area contributed by atoms with Crippen LogP contribution in [0.1, 0.15) is 25.3 Å². The van der Waals surface area contributed by atoms with Crippen molar-refractivity contribution in [1.82, 2.24) is 0 Å². The van der Waals surface area contributed by atoms with Gasteiger partial charge in [0, 0.05) is 13.5 Å². The van der Waals surface area contributed by atoms with Gasteiger partial charge in [0.2, 0.25) is 0 Å². The molecule has 0 aliphatic heterocycles. The molecule has 0 fully saturated rings. The van der Waals surface area contributed by atoms with Crippen molar-refractivity contribution in [1.29, 1.82) is 0 Å². The van der Waals surface area contributed by atoms with Gasteiger partial charge in [-0.15, -0.1) is 0 Å². The molecule has 1 atom stereocenters. The fourth-order valence-electron chi connectivity index (χ4n) is 1.39. The lowest BCUT2D eigenvalue weighted by Gasteiger charge is -2.10. The number of ketones is 1. The smallest absolute Gasteiger partial charge is 0.161 e. The summed E-state index contributed by atoms with van der Waals surface area (Å²) < 4.78 is 5.08. The van der Waals surface area contributed by atoms with Crippen LogP contribution in [-0.2, 0) is 16.0 Å². The minimum absolute atomic E-state index is 0.209. The molecule has 1 aromatic rings. The zero-order valence-corrected chi connectivity index (χ0v) is 9.47. The Morgan fingerprint density at radius 2 is 2.43 bits per heavy atom. The molecule has 0 N–H and O–H groups in total. The van der Waals surface area contributed by atoms with Crippen molar-refractivity contribution < 1.29 is 9.53 Å². The first-order valence-corrected chi connectivity index (χ1v) is 5.78. The van der Waals surface area contributed by atoms with Gasteiger partial charge in [0.15, 0.2) is 5.78 Å². The molecule has 0 aromatic carbocycles. The van der Waals surface area contributed by atoms with Crippen LogP contribution in [-0.4, -0.2) is 19.0 Å². The number of hydrogen-bond donors (Lipinski definition) is 0. The summed E-state index contributed by atoms with van der Waals surface area (Å²) in [5, 5.41) is 4.12. The van der Waals surface area contributed by atoms with Gasteiger partial charge in [0.25, 0.3) is 0 Å². The van der Waals surface area contributed by atoms with E-state index >= 15 is 0 Å².